The van der Waals surface area contributed by atoms with Gasteiger partial charge in [-0.05, 0) is 62.6 Å². The van der Waals surface area contributed by atoms with Gasteiger partial charge in [0.25, 0.3) is 0 Å². The molecular formula is C27H31N5O2. The van der Waals surface area contributed by atoms with Crippen molar-refractivity contribution in [2.45, 2.75) is 33.2 Å². The summed E-state index contributed by atoms with van der Waals surface area (Å²) in [5.74, 6) is 2.84. The van der Waals surface area contributed by atoms with E-state index in [9.17, 15) is 4.79 Å². The van der Waals surface area contributed by atoms with E-state index in [1.165, 1.54) is 5.56 Å². The van der Waals surface area contributed by atoms with Gasteiger partial charge in [0.15, 0.2) is 0 Å². The first-order chi connectivity index (χ1) is 16.5. The van der Waals surface area contributed by atoms with Gasteiger partial charge in [0.1, 0.15) is 17.3 Å². The minimum atomic E-state index is 0.310. The summed E-state index contributed by atoms with van der Waals surface area (Å²) < 4.78 is 6.03. The number of amides is 1. The highest BCUT2D eigenvalue weighted by molar-refractivity contribution is 5.81. The Bertz CT molecular complexity index is 1170. The number of hydrogen-bond donors (Lipinski definition) is 1. The molecule has 1 aliphatic carbocycles. The van der Waals surface area contributed by atoms with Crippen LogP contribution in [0.4, 0.5) is 11.5 Å². The summed E-state index contributed by atoms with van der Waals surface area (Å²) in [5, 5.41) is 3.39. The molecule has 1 aliphatic heterocycles. The van der Waals surface area contributed by atoms with Gasteiger partial charge in [-0.3, -0.25) is 14.7 Å². The molecule has 1 N–H and O–H groups in total. The summed E-state index contributed by atoms with van der Waals surface area (Å²) in [6.07, 6.45) is 3.89. The Morgan fingerprint density at radius 2 is 1.88 bits per heavy atom. The predicted octanol–water partition coefficient (Wildman–Crippen LogP) is 4.68. The van der Waals surface area contributed by atoms with E-state index < -0.39 is 0 Å². The number of carbonyl (C=O) groups is 1. The Morgan fingerprint density at radius 1 is 1.06 bits per heavy atom. The molecule has 7 nitrogen and oxygen atoms in total. The lowest BCUT2D eigenvalue weighted by atomic mass is 10.1. The topological polar surface area (TPSA) is 70.6 Å². The van der Waals surface area contributed by atoms with Crippen LogP contribution in [-0.4, -0.2) is 51.9 Å². The van der Waals surface area contributed by atoms with Crippen molar-refractivity contribution >= 4 is 17.4 Å². The molecule has 1 aromatic carbocycles. The highest BCUT2D eigenvalue weighted by Gasteiger charge is 2.34. The SMILES string of the molecule is Cc1ccc(Oc2ccnc(Nc3cccc(CN4CCN(C(=O)C5CC5)CC4)c3)c2)c(C)n1. The molecule has 5 rings (SSSR count). The van der Waals surface area contributed by atoms with E-state index in [0.29, 0.717) is 17.6 Å². The summed E-state index contributed by atoms with van der Waals surface area (Å²) in [6.45, 7) is 8.29. The van der Waals surface area contributed by atoms with Crippen LogP contribution in [0.1, 0.15) is 29.8 Å². The van der Waals surface area contributed by atoms with Gasteiger partial charge in [-0.1, -0.05) is 12.1 Å². The second-order valence-electron chi connectivity index (χ2n) is 9.22. The molecule has 0 radical (unpaired) electrons. The van der Waals surface area contributed by atoms with E-state index in [2.05, 4.69) is 38.4 Å². The molecule has 3 heterocycles. The second kappa shape index (κ2) is 9.81. The van der Waals surface area contributed by atoms with Gasteiger partial charge in [-0.15, -0.1) is 0 Å². The number of aromatic nitrogens is 2. The minimum absolute atomic E-state index is 0.310. The first-order valence-corrected chi connectivity index (χ1v) is 12.0. The van der Waals surface area contributed by atoms with Crippen LogP contribution in [0.5, 0.6) is 11.5 Å². The lowest BCUT2D eigenvalue weighted by Crippen LogP contribution is -2.48. The van der Waals surface area contributed by atoms with Crippen LogP contribution in [0.3, 0.4) is 0 Å². The van der Waals surface area contributed by atoms with Crippen molar-refractivity contribution in [3.8, 4) is 11.5 Å². The summed E-state index contributed by atoms with van der Waals surface area (Å²) in [6, 6.07) is 16.0. The van der Waals surface area contributed by atoms with Crippen LogP contribution in [0.25, 0.3) is 0 Å². The monoisotopic (exact) mass is 457 g/mol. The minimum Gasteiger partial charge on any atom is -0.455 e. The van der Waals surface area contributed by atoms with Gasteiger partial charge in [0.2, 0.25) is 5.91 Å². The zero-order chi connectivity index (χ0) is 23.5. The van der Waals surface area contributed by atoms with Crippen molar-refractivity contribution in [1.82, 2.24) is 19.8 Å². The van der Waals surface area contributed by atoms with Gasteiger partial charge < -0.3 is 15.0 Å². The third-order valence-electron chi connectivity index (χ3n) is 6.35. The van der Waals surface area contributed by atoms with Crippen LogP contribution in [0, 0.1) is 19.8 Å². The van der Waals surface area contributed by atoms with Crippen molar-refractivity contribution in [3.05, 3.63) is 71.7 Å². The number of piperazine rings is 1. The Hall–Kier alpha value is -3.45. The molecule has 0 spiro atoms. The maximum atomic E-state index is 12.3. The average molecular weight is 458 g/mol. The van der Waals surface area contributed by atoms with E-state index in [1.54, 1.807) is 6.20 Å². The molecule has 2 fully saturated rings. The Labute approximate surface area is 200 Å². The molecule has 3 aromatic rings. The zero-order valence-corrected chi connectivity index (χ0v) is 19.8. The molecule has 7 heteroatoms. The van der Waals surface area contributed by atoms with Gasteiger partial charge in [0.05, 0.1) is 5.69 Å². The van der Waals surface area contributed by atoms with Crippen LogP contribution >= 0.6 is 0 Å². The van der Waals surface area contributed by atoms with Crippen molar-refractivity contribution in [2.75, 3.05) is 31.5 Å². The Balaban J connectivity index is 1.19. The fraction of sp³-hybridized carbons (Fsp3) is 0.370. The third-order valence-corrected chi connectivity index (χ3v) is 6.35. The molecule has 1 saturated carbocycles. The second-order valence-corrected chi connectivity index (χ2v) is 9.22. The predicted molar refractivity (Wildman–Crippen MR) is 132 cm³/mol. The van der Waals surface area contributed by atoms with Crippen molar-refractivity contribution in [3.63, 3.8) is 0 Å². The summed E-state index contributed by atoms with van der Waals surface area (Å²) >= 11 is 0. The summed E-state index contributed by atoms with van der Waals surface area (Å²) in [5.41, 5.74) is 4.05. The standard InChI is InChI=1S/C27H31N5O2/c1-19-6-9-25(20(2)29-19)34-24-10-11-28-26(17-24)30-23-5-3-4-21(16-23)18-31-12-14-32(15-13-31)27(33)22-7-8-22/h3-6,9-11,16-17,22H,7-8,12-15,18H2,1-2H3,(H,28,30). The Kier molecular flexibility index (Phi) is 6.45. The number of anilines is 2. The highest BCUT2D eigenvalue weighted by Crippen LogP contribution is 2.31. The van der Waals surface area contributed by atoms with Crippen LogP contribution in [0.2, 0.25) is 0 Å². The quantitative estimate of drug-likeness (QED) is 0.555. The number of carbonyl (C=O) groups excluding carboxylic acids is 1. The molecular weight excluding hydrogens is 426 g/mol. The van der Waals surface area contributed by atoms with Gasteiger partial charge in [-0.2, -0.15) is 0 Å². The number of aryl methyl sites for hydroxylation is 2. The molecule has 2 aliphatic rings. The maximum absolute atomic E-state index is 12.3. The summed E-state index contributed by atoms with van der Waals surface area (Å²) in [4.78, 5) is 25.6. The molecule has 34 heavy (non-hydrogen) atoms. The molecule has 0 atom stereocenters. The van der Waals surface area contributed by atoms with E-state index in [4.69, 9.17) is 4.74 Å². The normalized spacial score (nSPS) is 16.4. The number of ether oxygens (including phenoxy) is 1. The van der Waals surface area contributed by atoms with Gasteiger partial charge in [-0.25, -0.2) is 4.98 Å². The summed E-state index contributed by atoms with van der Waals surface area (Å²) in [7, 11) is 0. The molecule has 1 saturated heterocycles. The number of benzene rings is 1. The fourth-order valence-electron chi connectivity index (χ4n) is 4.32. The van der Waals surface area contributed by atoms with Crippen LogP contribution in [0.15, 0.2) is 54.7 Å². The number of nitrogens with zero attached hydrogens (tertiary/aromatic N) is 4. The van der Waals surface area contributed by atoms with Gasteiger partial charge in [0, 0.05) is 62.3 Å². The smallest absolute Gasteiger partial charge is 0.225 e. The lowest BCUT2D eigenvalue weighted by Gasteiger charge is -2.35. The fourth-order valence-corrected chi connectivity index (χ4v) is 4.32. The van der Waals surface area contributed by atoms with E-state index in [0.717, 1.165) is 74.2 Å². The third kappa shape index (κ3) is 5.54. The molecule has 2 aromatic heterocycles. The van der Waals surface area contributed by atoms with E-state index in [-0.39, 0.29) is 0 Å². The van der Waals surface area contributed by atoms with E-state index >= 15 is 0 Å². The number of rotatable bonds is 7. The van der Waals surface area contributed by atoms with E-state index in [1.807, 2.05) is 49.1 Å². The van der Waals surface area contributed by atoms with Gasteiger partial charge >= 0.3 is 0 Å². The van der Waals surface area contributed by atoms with Crippen LogP contribution < -0.4 is 10.1 Å². The van der Waals surface area contributed by atoms with Crippen molar-refractivity contribution in [2.24, 2.45) is 5.92 Å². The average Bonchev–Trinajstić information content (AvgIpc) is 3.67. The molecule has 0 unspecified atom stereocenters. The van der Waals surface area contributed by atoms with Crippen molar-refractivity contribution < 1.29 is 9.53 Å². The first-order valence-electron chi connectivity index (χ1n) is 12.0. The zero-order valence-electron chi connectivity index (χ0n) is 19.8. The molecule has 176 valence electrons. The van der Waals surface area contributed by atoms with Crippen LogP contribution in [-0.2, 0) is 11.3 Å². The number of pyridine rings is 2. The molecule has 1 amide bonds. The Morgan fingerprint density at radius 3 is 2.65 bits per heavy atom. The largest absolute Gasteiger partial charge is 0.455 e. The molecule has 0 bridgehead atoms. The maximum Gasteiger partial charge on any atom is 0.225 e. The van der Waals surface area contributed by atoms with Crippen molar-refractivity contribution in [1.29, 1.82) is 0 Å². The first kappa shape index (κ1) is 22.3. The lowest BCUT2D eigenvalue weighted by molar-refractivity contribution is -0.134. The highest BCUT2D eigenvalue weighted by atomic mass is 16.5. The number of nitrogens with one attached hydrogen (secondary N) is 1. The number of hydrogen-bond acceptors (Lipinski definition) is 6.